The van der Waals surface area contributed by atoms with Gasteiger partial charge in [0.25, 0.3) is 0 Å². The van der Waals surface area contributed by atoms with E-state index < -0.39 is 0 Å². The molecular weight excluding hydrogens is 357 g/mol. The number of hydrogen-bond donors (Lipinski definition) is 2. The predicted molar refractivity (Wildman–Crippen MR) is 92.3 cm³/mol. The summed E-state index contributed by atoms with van der Waals surface area (Å²) in [4.78, 5) is 27.9. The SMILES string of the molecule is O=C(Cc1csc(NC(=O)C2CC2)n1)Nc1cc(Cl)cc(Cl)c1. The standard InChI is InChI=1S/C15H13Cl2N3O2S/c16-9-3-10(17)5-11(4-9)18-13(21)6-12-7-23-15(19-12)20-14(22)8-1-2-8/h3-5,7-8H,1-2,6H2,(H,18,21)(H,19,20,22). The van der Waals surface area contributed by atoms with Crippen LogP contribution in [-0.4, -0.2) is 16.8 Å². The normalized spacial score (nSPS) is 13.7. The molecule has 8 heteroatoms. The van der Waals surface area contributed by atoms with Crippen LogP contribution in [0.25, 0.3) is 0 Å². The van der Waals surface area contributed by atoms with E-state index in [4.69, 9.17) is 23.2 Å². The van der Waals surface area contributed by atoms with Crippen molar-refractivity contribution in [3.05, 3.63) is 39.3 Å². The average molecular weight is 370 g/mol. The molecule has 1 fully saturated rings. The van der Waals surface area contributed by atoms with Gasteiger partial charge in [-0.25, -0.2) is 4.98 Å². The first-order valence-electron chi connectivity index (χ1n) is 7.01. The molecule has 1 aromatic heterocycles. The molecule has 2 amide bonds. The zero-order chi connectivity index (χ0) is 16.4. The van der Waals surface area contributed by atoms with Crippen LogP contribution in [0.15, 0.2) is 23.6 Å². The summed E-state index contributed by atoms with van der Waals surface area (Å²) in [5.41, 5.74) is 1.14. The second kappa shape index (κ2) is 6.86. The lowest BCUT2D eigenvalue weighted by atomic mass is 10.3. The van der Waals surface area contributed by atoms with Crippen LogP contribution < -0.4 is 10.6 Å². The maximum absolute atomic E-state index is 12.0. The smallest absolute Gasteiger partial charge is 0.230 e. The van der Waals surface area contributed by atoms with Crippen LogP contribution in [0.1, 0.15) is 18.5 Å². The summed E-state index contributed by atoms with van der Waals surface area (Å²) in [6, 6.07) is 4.83. The zero-order valence-electron chi connectivity index (χ0n) is 11.9. The highest BCUT2D eigenvalue weighted by Crippen LogP contribution is 2.30. The second-order valence-electron chi connectivity index (χ2n) is 5.29. The maximum atomic E-state index is 12.0. The average Bonchev–Trinajstić information content (AvgIpc) is 3.21. The number of hydrogen-bond acceptors (Lipinski definition) is 4. The van der Waals surface area contributed by atoms with E-state index in [1.807, 2.05) is 0 Å². The molecule has 1 aromatic carbocycles. The predicted octanol–water partition coefficient (Wildman–Crippen LogP) is 3.98. The number of thiazole rings is 1. The van der Waals surface area contributed by atoms with Gasteiger partial charge in [-0.2, -0.15) is 0 Å². The molecule has 0 aliphatic heterocycles. The number of anilines is 2. The molecule has 2 N–H and O–H groups in total. The Hall–Kier alpha value is -1.63. The van der Waals surface area contributed by atoms with Gasteiger partial charge in [-0.1, -0.05) is 23.2 Å². The summed E-state index contributed by atoms with van der Waals surface area (Å²) in [6.07, 6.45) is 1.99. The fourth-order valence-corrected chi connectivity index (χ4v) is 3.23. The van der Waals surface area contributed by atoms with Crippen LogP contribution in [0.4, 0.5) is 10.8 Å². The second-order valence-corrected chi connectivity index (χ2v) is 7.02. The van der Waals surface area contributed by atoms with Gasteiger partial charge in [0.05, 0.1) is 12.1 Å². The lowest BCUT2D eigenvalue weighted by Crippen LogP contribution is -2.15. The van der Waals surface area contributed by atoms with E-state index in [-0.39, 0.29) is 24.2 Å². The number of carbonyl (C=O) groups is 2. The molecular formula is C15H13Cl2N3O2S. The highest BCUT2D eigenvalue weighted by molar-refractivity contribution is 7.13. The van der Waals surface area contributed by atoms with E-state index in [9.17, 15) is 9.59 Å². The Morgan fingerprint density at radius 2 is 1.87 bits per heavy atom. The molecule has 2 aromatic rings. The third kappa shape index (κ3) is 4.67. The van der Waals surface area contributed by atoms with Gasteiger partial charge < -0.3 is 10.6 Å². The molecule has 0 saturated heterocycles. The number of carbonyl (C=O) groups excluding carboxylic acids is 2. The number of halogens is 2. The largest absolute Gasteiger partial charge is 0.326 e. The molecule has 0 atom stereocenters. The van der Waals surface area contributed by atoms with Crippen LogP contribution in [0.5, 0.6) is 0 Å². The van der Waals surface area contributed by atoms with Crippen molar-refractivity contribution in [1.82, 2.24) is 4.98 Å². The summed E-state index contributed by atoms with van der Waals surface area (Å²) >= 11 is 13.1. The van der Waals surface area contributed by atoms with Crippen LogP contribution in [0, 0.1) is 5.92 Å². The van der Waals surface area contributed by atoms with Crippen LogP contribution in [0.3, 0.4) is 0 Å². The Labute approximate surface area is 147 Å². The molecule has 0 spiro atoms. The Balaban J connectivity index is 1.57. The van der Waals surface area contributed by atoms with Gasteiger partial charge in [-0.05, 0) is 31.0 Å². The number of nitrogens with one attached hydrogen (secondary N) is 2. The summed E-state index contributed by atoms with van der Waals surface area (Å²) in [6.45, 7) is 0. The van der Waals surface area contributed by atoms with Crippen molar-refractivity contribution >= 4 is 57.2 Å². The Morgan fingerprint density at radius 3 is 2.52 bits per heavy atom. The third-order valence-corrected chi connectivity index (χ3v) is 4.46. The fourth-order valence-electron chi connectivity index (χ4n) is 1.99. The summed E-state index contributed by atoms with van der Waals surface area (Å²) in [5, 5.41) is 8.67. The summed E-state index contributed by atoms with van der Waals surface area (Å²) in [5.74, 6) is -0.101. The molecule has 1 aliphatic rings. The van der Waals surface area contributed by atoms with Crippen molar-refractivity contribution in [3.8, 4) is 0 Å². The van der Waals surface area contributed by atoms with Crippen molar-refractivity contribution in [2.45, 2.75) is 19.3 Å². The monoisotopic (exact) mass is 369 g/mol. The van der Waals surface area contributed by atoms with E-state index in [1.54, 1.807) is 23.6 Å². The molecule has 1 saturated carbocycles. The Bertz CT molecular complexity index is 739. The van der Waals surface area contributed by atoms with Gasteiger partial charge in [-0.15, -0.1) is 11.3 Å². The topological polar surface area (TPSA) is 71.1 Å². The van der Waals surface area contributed by atoms with E-state index in [0.29, 0.717) is 26.6 Å². The van der Waals surface area contributed by atoms with Crippen molar-refractivity contribution in [1.29, 1.82) is 0 Å². The summed E-state index contributed by atoms with van der Waals surface area (Å²) < 4.78 is 0. The lowest BCUT2D eigenvalue weighted by Gasteiger charge is -2.05. The van der Waals surface area contributed by atoms with Crippen LogP contribution >= 0.6 is 34.5 Å². The van der Waals surface area contributed by atoms with Crippen molar-refractivity contribution in [2.75, 3.05) is 10.6 Å². The van der Waals surface area contributed by atoms with Crippen LogP contribution in [0.2, 0.25) is 10.0 Å². The third-order valence-electron chi connectivity index (χ3n) is 3.22. The van der Waals surface area contributed by atoms with Crippen molar-refractivity contribution < 1.29 is 9.59 Å². The Kier molecular flexibility index (Phi) is 4.84. The zero-order valence-corrected chi connectivity index (χ0v) is 14.3. The fraction of sp³-hybridized carbons (Fsp3) is 0.267. The van der Waals surface area contributed by atoms with Gasteiger partial charge in [0, 0.05) is 27.0 Å². The molecule has 5 nitrogen and oxygen atoms in total. The number of rotatable bonds is 5. The lowest BCUT2D eigenvalue weighted by molar-refractivity contribution is -0.117. The number of aromatic nitrogens is 1. The minimum absolute atomic E-state index is 0.00363. The van der Waals surface area contributed by atoms with Crippen molar-refractivity contribution in [3.63, 3.8) is 0 Å². The van der Waals surface area contributed by atoms with Gasteiger partial charge in [0.2, 0.25) is 11.8 Å². The first-order chi connectivity index (χ1) is 11.0. The van der Waals surface area contributed by atoms with Gasteiger partial charge in [0.1, 0.15) is 0 Å². The molecule has 3 rings (SSSR count). The number of nitrogens with zero attached hydrogens (tertiary/aromatic N) is 1. The molecule has 0 bridgehead atoms. The van der Waals surface area contributed by atoms with Gasteiger partial charge in [0.15, 0.2) is 5.13 Å². The molecule has 120 valence electrons. The number of amides is 2. The van der Waals surface area contributed by atoms with Crippen molar-refractivity contribution in [2.24, 2.45) is 5.92 Å². The minimum atomic E-state index is -0.228. The maximum Gasteiger partial charge on any atom is 0.230 e. The van der Waals surface area contributed by atoms with Gasteiger partial charge in [-0.3, -0.25) is 9.59 Å². The highest BCUT2D eigenvalue weighted by Gasteiger charge is 2.30. The first-order valence-corrected chi connectivity index (χ1v) is 8.64. The summed E-state index contributed by atoms with van der Waals surface area (Å²) in [7, 11) is 0. The molecule has 0 radical (unpaired) electrons. The van der Waals surface area contributed by atoms with Gasteiger partial charge >= 0.3 is 0 Å². The Morgan fingerprint density at radius 1 is 1.17 bits per heavy atom. The highest BCUT2D eigenvalue weighted by atomic mass is 35.5. The van der Waals surface area contributed by atoms with E-state index in [1.165, 1.54) is 11.3 Å². The molecule has 1 aliphatic carbocycles. The first kappa shape index (κ1) is 16.2. The molecule has 1 heterocycles. The van der Waals surface area contributed by atoms with E-state index in [0.717, 1.165) is 12.8 Å². The molecule has 23 heavy (non-hydrogen) atoms. The van der Waals surface area contributed by atoms with E-state index >= 15 is 0 Å². The van der Waals surface area contributed by atoms with Crippen LogP contribution in [-0.2, 0) is 16.0 Å². The minimum Gasteiger partial charge on any atom is -0.326 e. The number of benzene rings is 1. The molecule has 0 unspecified atom stereocenters. The quantitative estimate of drug-likeness (QED) is 0.836. The van der Waals surface area contributed by atoms with E-state index in [2.05, 4.69) is 15.6 Å².